The Labute approximate surface area is 150 Å². The third kappa shape index (κ3) is 4.51. The van der Waals surface area contributed by atoms with Crippen LogP contribution < -0.4 is 10.1 Å². The van der Waals surface area contributed by atoms with E-state index in [9.17, 15) is 14.7 Å². The van der Waals surface area contributed by atoms with E-state index in [1.165, 1.54) is 11.3 Å². The van der Waals surface area contributed by atoms with Crippen LogP contribution in [0.5, 0.6) is 5.75 Å². The van der Waals surface area contributed by atoms with Gasteiger partial charge in [0.15, 0.2) is 0 Å². The van der Waals surface area contributed by atoms with Gasteiger partial charge in [0.25, 0.3) is 0 Å². The lowest BCUT2D eigenvalue weighted by Gasteiger charge is -2.19. The van der Waals surface area contributed by atoms with Crippen molar-refractivity contribution in [2.24, 2.45) is 0 Å². The van der Waals surface area contributed by atoms with Gasteiger partial charge < -0.3 is 14.6 Å². The average molecular weight is 363 g/mol. The van der Waals surface area contributed by atoms with Crippen LogP contribution in [0.4, 0.5) is 9.80 Å². The fraction of sp³-hybridized carbons (Fsp3) is 0.333. The summed E-state index contributed by atoms with van der Waals surface area (Å²) in [6.45, 7) is 7.05. The third-order valence-corrected chi connectivity index (χ3v) is 4.31. The van der Waals surface area contributed by atoms with E-state index >= 15 is 0 Å². The molecule has 2 rings (SSSR count). The SMILES string of the molecule is COc1ccc(-c2c(C)sc(NC(=O)OC(C)(C)C)c2C(=O)O)cc1. The minimum Gasteiger partial charge on any atom is -0.497 e. The molecule has 1 heterocycles. The molecule has 0 atom stereocenters. The Hall–Kier alpha value is -2.54. The van der Waals surface area contributed by atoms with Gasteiger partial charge in [0.05, 0.1) is 7.11 Å². The predicted octanol–water partition coefficient (Wildman–Crippen LogP) is 4.78. The highest BCUT2D eigenvalue weighted by Gasteiger charge is 2.25. The molecule has 1 aromatic heterocycles. The summed E-state index contributed by atoms with van der Waals surface area (Å²) < 4.78 is 10.3. The number of ether oxygens (including phenoxy) is 2. The molecule has 25 heavy (non-hydrogen) atoms. The Morgan fingerprint density at radius 2 is 1.76 bits per heavy atom. The van der Waals surface area contributed by atoms with Gasteiger partial charge in [-0.2, -0.15) is 0 Å². The smallest absolute Gasteiger partial charge is 0.412 e. The van der Waals surface area contributed by atoms with Gasteiger partial charge in [0.1, 0.15) is 21.9 Å². The summed E-state index contributed by atoms with van der Waals surface area (Å²) in [6.07, 6.45) is -0.683. The van der Waals surface area contributed by atoms with Crippen molar-refractivity contribution in [3.8, 4) is 16.9 Å². The van der Waals surface area contributed by atoms with Crippen molar-refractivity contribution in [3.05, 3.63) is 34.7 Å². The van der Waals surface area contributed by atoms with Crippen molar-refractivity contribution in [2.45, 2.75) is 33.3 Å². The largest absolute Gasteiger partial charge is 0.497 e. The molecule has 0 bridgehead atoms. The minimum atomic E-state index is -1.11. The van der Waals surface area contributed by atoms with Crippen molar-refractivity contribution in [2.75, 3.05) is 12.4 Å². The number of anilines is 1. The van der Waals surface area contributed by atoms with Gasteiger partial charge in [0, 0.05) is 10.4 Å². The lowest BCUT2D eigenvalue weighted by molar-refractivity contribution is 0.0636. The number of benzene rings is 1. The van der Waals surface area contributed by atoms with Crippen LogP contribution in [0.25, 0.3) is 11.1 Å². The van der Waals surface area contributed by atoms with Crippen LogP contribution in [0.1, 0.15) is 36.0 Å². The summed E-state index contributed by atoms with van der Waals surface area (Å²) in [7, 11) is 1.57. The van der Waals surface area contributed by atoms with Crippen molar-refractivity contribution < 1.29 is 24.2 Å². The summed E-state index contributed by atoms with van der Waals surface area (Å²) in [6, 6.07) is 7.10. The Kier molecular flexibility index (Phi) is 5.37. The van der Waals surface area contributed by atoms with E-state index in [1.54, 1.807) is 52.1 Å². The van der Waals surface area contributed by atoms with Crippen LogP contribution in [0.3, 0.4) is 0 Å². The maximum Gasteiger partial charge on any atom is 0.412 e. The molecule has 0 unspecified atom stereocenters. The van der Waals surface area contributed by atoms with Crippen molar-refractivity contribution in [1.29, 1.82) is 0 Å². The first-order valence-corrected chi connectivity index (χ1v) is 8.45. The Balaban J connectivity index is 2.43. The van der Waals surface area contributed by atoms with Gasteiger partial charge in [0.2, 0.25) is 0 Å². The zero-order valence-electron chi connectivity index (χ0n) is 14.8. The highest BCUT2D eigenvalue weighted by molar-refractivity contribution is 7.17. The molecule has 2 aromatic rings. The summed E-state index contributed by atoms with van der Waals surface area (Å²) in [5, 5.41) is 12.5. The Morgan fingerprint density at radius 1 is 1.16 bits per heavy atom. The molecule has 0 radical (unpaired) electrons. The highest BCUT2D eigenvalue weighted by Crippen LogP contribution is 2.40. The first kappa shape index (κ1) is 18.8. The molecule has 0 aliphatic carbocycles. The monoisotopic (exact) mass is 363 g/mol. The van der Waals surface area contributed by atoms with E-state index in [-0.39, 0.29) is 10.6 Å². The number of carboxylic acid groups (broad SMARTS) is 1. The molecule has 0 fully saturated rings. The zero-order valence-corrected chi connectivity index (χ0v) is 15.6. The highest BCUT2D eigenvalue weighted by atomic mass is 32.1. The van der Waals surface area contributed by atoms with Gasteiger partial charge in [-0.15, -0.1) is 11.3 Å². The third-order valence-electron chi connectivity index (χ3n) is 3.29. The topological polar surface area (TPSA) is 84.9 Å². The number of hydrogen-bond donors (Lipinski definition) is 2. The maximum atomic E-state index is 12.0. The number of carbonyl (C=O) groups is 2. The van der Waals surface area contributed by atoms with Crippen LogP contribution >= 0.6 is 11.3 Å². The first-order chi connectivity index (χ1) is 11.6. The molecule has 1 aromatic carbocycles. The molecule has 2 N–H and O–H groups in total. The number of carbonyl (C=O) groups excluding carboxylic acids is 1. The van der Waals surface area contributed by atoms with Crippen LogP contribution in [-0.2, 0) is 4.74 Å². The molecular weight excluding hydrogens is 342 g/mol. The predicted molar refractivity (Wildman–Crippen MR) is 97.9 cm³/mol. The quantitative estimate of drug-likeness (QED) is 0.817. The van der Waals surface area contributed by atoms with E-state index in [0.717, 1.165) is 10.4 Å². The summed E-state index contributed by atoms with van der Waals surface area (Å²) in [5.41, 5.74) is 0.701. The summed E-state index contributed by atoms with van der Waals surface area (Å²) in [5.74, 6) is -0.429. The molecular formula is C18H21NO5S. The molecule has 0 saturated carbocycles. The minimum absolute atomic E-state index is 0.0542. The summed E-state index contributed by atoms with van der Waals surface area (Å²) >= 11 is 1.20. The lowest BCUT2D eigenvalue weighted by atomic mass is 10.0. The van der Waals surface area contributed by atoms with Crippen LogP contribution in [-0.4, -0.2) is 29.9 Å². The van der Waals surface area contributed by atoms with E-state index in [0.29, 0.717) is 11.3 Å². The fourth-order valence-corrected chi connectivity index (χ4v) is 3.39. The standard InChI is InChI=1S/C18H21NO5S/c1-10-13(11-6-8-12(23-5)9-7-11)14(16(20)21)15(25-10)19-17(22)24-18(2,3)4/h6-9H,1-5H3,(H,19,22)(H,20,21). The van der Waals surface area contributed by atoms with E-state index in [2.05, 4.69) is 5.32 Å². The van der Waals surface area contributed by atoms with Crippen LogP contribution in [0.15, 0.2) is 24.3 Å². The second-order valence-corrected chi connectivity index (χ2v) is 7.62. The van der Waals surface area contributed by atoms with Gasteiger partial charge in [-0.1, -0.05) is 12.1 Å². The number of carboxylic acids is 1. The number of methoxy groups -OCH3 is 1. The zero-order chi connectivity index (χ0) is 18.8. The number of amides is 1. The second-order valence-electron chi connectivity index (χ2n) is 6.40. The molecule has 0 saturated heterocycles. The van der Waals surface area contributed by atoms with E-state index in [1.807, 2.05) is 6.92 Å². The molecule has 0 spiro atoms. The number of thiophene rings is 1. The number of rotatable bonds is 4. The fourth-order valence-electron chi connectivity index (χ4n) is 2.34. The normalized spacial score (nSPS) is 11.1. The number of aromatic carboxylic acids is 1. The van der Waals surface area contributed by atoms with Crippen molar-refractivity contribution in [1.82, 2.24) is 0 Å². The van der Waals surface area contributed by atoms with E-state index in [4.69, 9.17) is 9.47 Å². The lowest BCUT2D eigenvalue weighted by Crippen LogP contribution is -2.27. The van der Waals surface area contributed by atoms with Gasteiger partial charge in [-0.25, -0.2) is 9.59 Å². The average Bonchev–Trinajstić information content (AvgIpc) is 2.81. The van der Waals surface area contributed by atoms with Gasteiger partial charge in [-0.3, -0.25) is 5.32 Å². The molecule has 0 aliphatic rings. The number of aryl methyl sites for hydroxylation is 1. The molecule has 134 valence electrons. The van der Waals surface area contributed by atoms with Gasteiger partial charge in [-0.05, 0) is 45.4 Å². The number of hydrogen-bond acceptors (Lipinski definition) is 5. The Bertz CT molecular complexity index is 787. The first-order valence-electron chi connectivity index (χ1n) is 7.63. The number of nitrogens with one attached hydrogen (secondary N) is 1. The summed E-state index contributed by atoms with van der Waals surface area (Å²) in [4.78, 5) is 24.6. The van der Waals surface area contributed by atoms with Crippen molar-refractivity contribution in [3.63, 3.8) is 0 Å². The molecule has 7 heteroatoms. The Morgan fingerprint density at radius 3 is 2.24 bits per heavy atom. The van der Waals surface area contributed by atoms with E-state index < -0.39 is 17.7 Å². The molecule has 1 amide bonds. The van der Waals surface area contributed by atoms with Gasteiger partial charge >= 0.3 is 12.1 Å². The second kappa shape index (κ2) is 7.14. The molecule has 0 aliphatic heterocycles. The van der Waals surface area contributed by atoms with Crippen LogP contribution in [0.2, 0.25) is 0 Å². The van der Waals surface area contributed by atoms with Crippen molar-refractivity contribution >= 4 is 28.4 Å². The molecule has 6 nitrogen and oxygen atoms in total. The maximum absolute atomic E-state index is 12.0. The van der Waals surface area contributed by atoms with Crippen LogP contribution in [0, 0.1) is 6.92 Å².